The maximum absolute atomic E-state index is 13.0. The van der Waals surface area contributed by atoms with Crippen LogP contribution >= 0.6 is 22.6 Å². The Morgan fingerprint density at radius 1 is 1.15 bits per heavy atom. The van der Waals surface area contributed by atoms with Crippen molar-refractivity contribution < 1.29 is 27.9 Å². The molecule has 0 radical (unpaired) electrons. The smallest absolute Gasteiger partial charge is 0.372 e. The normalized spacial score (nSPS) is 15.4. The maximum Gasteiger partial charge on any atom is 0.372 e. The number of carbonyl (C=O) groups excluding carboxylic acids is 3. The summed E-state index contributed by atoms with van der Waals surface area (Å²) >= 11 is 0.688. The SMILES string of the molecule is CCCOC[C@H](CNC(=O)c1ccc(C(=N)NC(=O)C(F)(F)I)cc1)CC(=O)C1CCCCC1. The van der Waals surface area contributed by atoms with Crippen LogP contribution in [0.1, 0.15) is 67.8 Å². The minimum absolute atomic E-state index is 0.105. The zero-order valence-electron chi connectivity index (χ0n) is 19.3. The number of hydrogen-bond donors (Lipinski definition) is 3. The van der Waals surface area contributed by atoms with E-state index in [0.29, 0.717) is 54.3 Å². The number of hydrogen-bond acceptors (Lipinski definition) is 5. The summed E-state index contributed by atoms with van der Waals surface area (Å²) in [5, 5.41) is 12.4. The number of nitrogens with one attached hydrogen (secondary N) is 3. The van der Waals surface area contributed by atoms with Gasteiger partial charge in [-0.25, -0.2) is 0 Å². The van der Waals surface area contributed by atoms with Crippen molar-refractivity contribution in [3.05, 3.63) is 35.4 Å². The number of Topliss-reactive ketones (excluding diaryl/α,β-unsaturated/α-hetero) is 1. The Balaban J connectivity index is 1.92. The van der Waals surface area contributed by atoms with E-state index in [1.807, 2.05) is 12.2 Å². The van der Waals surface area contributed by atoms with E-state index in [0.717, 1.165) is 32.1 Å². The third-order valence-corrected chi connectivity index (χ3v) is 6.23. The van der Waals surface area contributed by atoms with Gasteiger partial charge >= 0.3 is 9.84 Å². The topological polar surface area (TPSA) is 108 Å². The van der Waals surface area contributed by atoms with E-state index < -0.39 is 15.7 Å². The van der Waals surface area contributed by atoms with Crippen LogP contribution < -0.4 is 10.6 Å². The van der Waals surface area contributed by atoms with Crippen molar-refractivity contribution in [1.29, 1.82) is 5.41 Å². The summed E-state index contributed by atoms with van der Waals surface area (Å²) in [6, 6.07) is 5.70. The molecule has 1 aromatic carbocycles. The first-order valence-electron chi connectivity index (χ1n) is 11.6. The first kappa shape index (κ1) is 28.3. The molecule has 0 aromatic heterocycles. The predicted octanol–water partition coefficient (Wildman–Crippen LogP) is 4.47. The number of rotatable bonds is 12. The molecule has 2 rings (SSSR count). The molecule has 1 aliphatic rings. The molecular weight excluding hydrogens is 559 g/mol. The van der Waals surface area contributed by atoms with Crippen LogP contribution in [0.4, 0.5) is 8.78 Å². The van der Waals surface area contributed by atoms with Gasteiger partial charge in [-0.2, -0.15) is 8.78 Å². The number of alkyl halides is 3. The van der Waals surface area contributed by atoms with E-state index in [4.69, 9.17) is 10.1 Å². The molecule has 1 aromatic rings. The lowest BCUT2D eigenvalue weighted by Gasteiger charge is -2.23. The van der Waals surface area contributed by atoms with E-state index in [2.05, 4.69) is 5.32 Å². The zero-order chi connectivity index (χ0) is 25.1. The molecule has 1 fully saturated rings. The van der Waals surface area contributed by atoms with Crippen molar-refractivity contribution in [2.24, 2.45) is 11.8 Å². The largest absolute Gasteiger partial charge is 0.381 e. The van der Waals surface area contributed by atoms with Crippen LogP contribution in [0.15, 0.2) is 24.3 Å². The summed E-state index contributed by atoms with van der Waals surface area (Å²) in [7, 11) is 0. The first-order valence-corrected chi connectivity index (χ1v) is 12.7. The fourth-order valence-corrected chi connectivity index (χ4v) is 3.98. The highest BCUT2D eigenvalue weighted by Gasteiger charge is 2.35. The second kappa shape index (κ2) is 13.8. The molecule has 2 amide bonds. The predicted molar refractivity (Wildman–Crippen MR) is 134 cm³/mol. The Morgan fingerprint density at radius 2 is 1.76 bits per heavy atom. The maximum atomic E-state index is 13.0. The van der Waals surface area contributed by atoms with Crippen LogP contribution in [-0.2, 0) is 14.3 Å². The van der Waals surface area contributed by atoms with Crippen LogP contribution in [0.3, 0.4) is 0 Å². The third kappa shape index (κ3) is 9.36. The molecule has 0 saturated heterocycles. The lowest BCUT2D eigenvalue weighted by Crippen LogP contribution is -2.39. The van der Waals surface area contributed by atoms with Gasteiger partial charge in [-0.05, 0) is 31.4 Å². The summed E-state index contributed by atoms with van der Waals surface area (Å²) in [5.74, 6) is -2.20. The fourth-order valence-electron chi connectivity index (χ4n) is 3.84. The summed E-state index contributed by atoms with van der Waals surface area (Å²) in [4.78, 5) is 36.7. The van der Waals surface area contributed by atoms with E-state index in [9.17, 15) is 23.2 Å². The van der Waals surface area contributed by atoms with Crippen molar-refractivity contribution in [1.82, 2.24) is 10.6 Å². The third-order valence-electron chi connectivity index (χ3n) is 5.74. The quantitative estimate of drug-likeness (QED) is 0.110. The first-order chi connectivity index (χ1) is 16.1. The number of carbonyl (C=O) groups is 3. The molecule has 0 heterocycles. The van der Waals surface area contributed by atoms with Crippen LogP contribution in [0.25, 0.3) is 0 Å². The van der Waals surface area contributed by atoms with Crippen molar-refractivity contribution >= 4 is 46.0 Å². The highest BCUT2D eigenvalue weighted by molar-refractivity contribution is 14.1. The summed E-state index contributed by atoms with van der Waals surface area (Å²) in [6.07, 6.45) is 6.46. The highest BCUT2D eigenvalue weighted by Crippen LogP contribution is 2.26. The number of amidine groups is 1. The molecule has 1 aliphatic carbocycles. The average molecular weight is 591 g/mol. The van der Waals surface area contributed by atoms with E-state index >= 15 is 0 Å². The van der Waals surface area contributed by atoms with Crippen molar-refractivity contribution in [2.75, 3.05) is 19.8 Å². The Hall–Kier alpha value is -1.95. The Kier molecular flexibility index (Phi) is 11.5. The molecule has 3 N–H and O–H groups in total. The molecule has 0 aliphatic heterocycles. The minimum atomic E-state index is -3.63. The van der Waals surface area contributed by atoms with Gasteiger partial charge < -0.3 is 15.4 Å². The minimum Gasteiger partial charge on any atom is -0.381 e. The summed E-state index contributed by atoms with van der Waals surface area (Å²) in [5.41, 5.74) is 0.503. The number of amides is 2. The van der Waals surface area contributed by atoms with Gasteiger partial charge in [-0.3, -0.25) is 19.8 Å². The number of ketones is 1. The monoisotopic (exact) mass is 591 g/mol. The molecule has 7 nitrogen and oxygen atoms in total. The van der Waals surface area contributed by atoms with Gasteiger partial charge in [0.25, 0.3) is 5.91 Å². The molecule has 34 heavy (non-hydrogen) atoms. The van der Waals surface area contributed by atoms with E-state index in [1.165, 1.54) is 30.7 Å². The zero-order valence-corrected chi connectivity index (χ0v) is 21.5. The molecular formula is C24H32F2IN3O4. The lowest BCUT2D eigenvalue weighted by atomic mass is 9.83. The van der Waals surface area contributed by atoms with Crippen LogP contribution in [0.2, 0.25) is 0 Å². The van der Waals surface area contributed by atoms with Gasteiger partial charge in [0, 0.05) is 65.1 Å². The van der Waals surface area contributed by atoms with Gasteiger partial charge in [-0.15, -0.1) is 0 Å². The Bertz CT molecular complexity index is 853. The molecule has 0 spiro atoms. The second-order valence-corrected chi connectivity index (χ2v) is 9.92. The van der Waals surface area contributed by atoms with E-state index in [1.54, 1.807) is 0 Å². The lowest BCUT2D eigenvalue weighted by molar-refractivity contribution is -0.131. The molecule has 0 unspecified atom stereocenters. The fraction of sp³-hybridized carbons (Fsp3) is 0.583. The molecule has 0 bridgehead atoms. The Morgan fingerprint density at radius 3 is 2.35 bits per heavy atom. The van der Waals surface area contributed by atoms with Crippen LogP contribution in [0, 0.1) is 17.2 Å². The summed E-state index contributed by atoms with van der Waals surface area (Å²) in [6.45, 7) is 3.28. The second-order valence-electron chi connectivity index (χ2n) is 8.56. The van der Waals surface area contributed by atoms with Crippen molar-refractivity contribution in [3.63, 3.8) is 0 Å². The molecule has 10 heteroatoms. The number of benzene rings is 1. The molecule has 188 valence electrons. The van der Waals surface area contributed by atoms with Crippen LogP contribution in [-0.4, -0.2) is 47.1 Å². The number of ether oxygens (including phenoxy) is 1. The Labute approximate surface area is 212 Å². The average Bonchev–Trinajstić information content (AvgIpc) is 2.82. The molecule has 1 saturated carbocycles. The van der Waals surface area contributed by atoms with Crippen molar-refractivity contribution in [3.8, 4) is 0 Å². The summed E-state index contributed by atoms with van der Waals surface area (Å²) < 4.78 is 28.0. The molecule has 1 atom stereocenters. The van der Waals surface area contributed by atoms with Gasteiger partial charge in [0.15, 0.2) is 0 Å². The van der Waals surface area contributed by atoms with E-state index in [-0.39, 0.29) is 29.1 Å². The van der Waals surface area contributed by atoms with Crippen LogP contribution in [0.5, 0.6) is 0 Å². The highest BCUT2D eigenvalue weighted by atomic mass is 127. The van der Waals surface area contributed by atoms with Gasteiger partial charge in [-0.1, -0.05) is 38.3 Å². The van der Waals surface area contributed by atoms with Gasteiger partial charge in [0.1, 0.15) is 11.6 Å². The van der Waals surface area contributed by atoms with Crippen molar-refractivity contribution in [2.45, 2.75) is 55.8 Å². The standard InChI is InChI=1S/C24H32F2IN3O4/c1-2-12-34-15-16(13-20(31)17-6-4-3-5-7-17)14-29-22(32)19-10-8-18(9-11-19)21(28)30-23(33)24(25,26)27/h8-11,16-17H,2-7,12-15H2,1H3,(H,29,32)(H2,28,30,33)/t16-/m0/s1. The number of halogens is 3. The van der Waals surface area contributed by atoms with Gasteiger partial charge in [0.2, 0.25) is 0 Å². The van der Waals surface area contributed by atoms with Gasteiger partial charge in [0.05, 0.1) is 6.61 Å².